The normalized spacial score (nSPS) is 10.4. The van der Waals surface area contributed by atoms with Gasteiger partial charge in [-0.25, -0.2) is 4.79 Å². The van der Waals surface area contributed by atoms with Crippen molar-refractivity contribution in [1.29, 1.82) is 0 Å². The highest BCUT2D eigenvalue weighted by Crippen LogP contribution is 2.28. The predicted octanol–water partition coefficient (Wildman–Crippen LogP) is 4.14. The number of carbonyl (C=O) groups excluding carboxylic acids is 3. The SMILES string of the molecule is COC(=O)c1ccc(Cl)c(NC(=O)C(=O)Nc2c(C)cccc2C(C)C)c1. The minimum Gasteiger partial charge on any atom is -0.465 e. The first kappa shape index (κ1) is 20.5. The summed E-state index contributed by atoms with van der Waals surface area (Å²) in [6, 6.07) is 9.93. The average Bonchev–Trinajstić information content (AvgIpc) is 2.64. The Hall–Kier alpha value is -2.86. The molecule has 2 rings (SSSR count). The van der Waals surface area contributed by atoms with Gasteiger partial charge in [-0.3, -0.25) is 9.59 Å². The molecule has 0 unspecified atom stereocenters. The van der Waals surface area contributed by atoms with Crippen LogP contribution >= 0.6 is 11.6 Å². The van der Waals surface area contributed by atoms with E-state index in [0.29, 0.717) is 5.69 Å². The van der Waals surface area contributed by atoms with Crippen LogP contribution in [0.2, 0.25) is 5.02 Å². The number of amides is 2. The molecule has 27 heavy (non-hydrogen) atoms. The molecule has 0 saturated heterocycles. The number of hydrogen-bond donors (Lipinski definition) is 2. The molecule has 0 saturated carbocycles. The molecule has 0 aliphatic heterocycles. The number of hydrogen-bond acceptors (Lipinski definition) is 4. The summed E-state index contributed by atoms with van der Waals surface area (Å²) in [5, 5.41) is 5.29. The van der Waals surface area contributed by atoms with E-state index in [2.05, 4.69) is 15.4 Å². The van der Waals surface area contributed by atoms with Crippen LogP contribution in [0.15, 0.2) is 36.4 Å². The van der Waals surface area contributed by atoms with Gasteiger partial charge >= 0.3 is 17.8 Å². The summed E-state index contributed by atoms with van der Waals surface area (Å²) in [5.74, 6) is -2.12. The fraction of sp³-hybridized carbons (Fsp3) is 0.250. The summed E-state index contributed by atoms with van der Waals surface area (Å²) >= 11 is 6.05. The summed E-state index contributed by atoms with van der Waals surface area (Å²) in [5.41, 5.74) is 2.75. The summed E-state index contributed by atoms with van der Waals surface area (Å²) in [7, 11) is 1.25. The summed E-state index contributed by atoms with van der Waals surface area (Å²) in [4.78, 5) is 36.3. The van der Waals surface area contributed by atoms with Crippen molar-refractivity contribution >= 4 is 40.8 Å². The Labute approximate surface area is 162 Å². The lowest BCUT2D eigenvalue weighted by atomic mass is 9.98. The zero-order valence-corrected chi connectivity index (χ0v) is 16.3. The maximum absolute atomic E-state index is 12.4. The van der Waals surface area contributed by atoms with Crippen LogP contribution in [0.3, 0.4) is 0 Å². The largest absolute Gasteiger partial charge is 0.465 e. The van der Waals surface area contributed by atoms with Gasteiger partial charge in [-0.05, 0) is 42.2 Å². The number of methoxy groups -OCH3 is 1. The van der Waals surface area contributed by atoms with E-state index in [1.165, 1.54) is 25.3 Å². The summed E-state index contributed by atoms with van der Waals surface area (Å²) in [6.45, 7) is 5.86. The number of ether oxygens (including phenoxy) is 1. The molecule has 142 valence electrons. The van der Waals surface area contributed by atoms with Gasteiger partial charge in [0.25, 0.3) is 0 Å². The number of rotatable bonds is 4. The maximum Gasteiger partial charge on any atom is 0.337 e. The van der Waals surface area contributed by atoms with Crippen molar-refractivity contribution in [3.63, 3.8) is 0 Å². The van der Waals surface area contributed by atoms with Crippen LogP contribution in [-0.4, -0.2) is 24.9 Å². The van der Waals surface area contributed by atoms with Crippen molar-refractivity contribution in [3.05, 3.63) is 58.1 Å². The highest BCUT2D eigenvalue weighted by molar-refractivity contribution is 6.45. The van der Waals surface area contributed by atoms with E-state index in [1.807, 2.05) is 39.0 Å². The minimum absolute atomic E-state index is 0.147. The van der Waals surface area contributed by atoms with Gasteiger partial charge in [-0.2, -0.15) is 0 Å². The molecule has 0 bridgehead atoms. The van der Waals surface area contributed by atoms with Crippen LogP contribution in [0.1, 0.15) is 41.3 Å². The Kier molecular flexibility index (Phi) is 6.58. The third-order valence-corrected chi connectivity index (χ3v) is 4.34. The zero-order valence-electron chi connectivity index (χ0n) is 15.6. The first-order valence-corrected chi connectivity index (χ1v) is 8.72. The second-order valence-electron chi connectivity index (χ2n) is 6.29. The zero-order chi connectivity index (χ0) is 20.1. The van der Waals surface area contributed by atoms with E-state index >= 15 is 0 Å². The molecular weight excluding hydrogens is 368 g/mol. The second kappa shape index (κ2) is 8.68. The lowest BCUT2D eigenvalue weighted by Crippen LogP contribution is -2.30. The molecule has 0 radical (unpaired) electrons. The van der Waals surface area contributed by atoms with Crippen LogP contribution < -0.4 is 10.6 Å². The van der Waals surface area contributed by atoms with Crippen LogP contribution in [0.25, 0.3) is 0 Å². The van der Waals surface area contributed by atoms with Crippen molar-refractivity contribution in [2.45, 2.75) is 26.7 Å². The van der Waals surface area contributed by atoms with Gasteiger partial charge in [0.1, 0.15) is 0 Å². The highest BCUT2D eigenvalue weighted by Gasteiger charge is 2.19. The molecule has 0 aromatic heterocycles. The molecule has 0 atom stereocenters. The van der Waals surface area contributed by atoms with Gasteiger partial charge in [0.2, 0.25) is 0 Å². The van der Waals surface area contributed by atoms with E-state index in [-0.39, 0.29) is 22.2 Å². The molecule has 0 aliphatic rings. The Morgan fingerprint density at radius 1 is 1.04 bits per heavy atom. The van der Waals surface area contributed by atoms with Gasteiger partial charge in [0.15, 0.2) is 0 Å². The van der Waals surface area contributed by atoms with E-state index in [0.717, 1.165) is 11.1 Å². The molecule has 0 fully saturated rings. The standard InChI is InChI=1S/C20H21ClN2O4/c1-11(2)14-7-5-6-12(3)17(14)23-19(25)18(24)22-16-10-13(20(26)27-4)8-9-15(16)21/h5-11H,1-4H3,(H,22,24)(H,23,25). The third kappa shape index (κ3) is 4.86. The van der Waals surface area contributed by atoms with Crippen LogP contribution in [-0.2, 0) is 14.3 Å². The number of para-hydroxylation sites is 1. The van der Waals surface area contributed by atoms with Crippen molar-refractivity contribution in [3.8, 4) is 0 Å². The van der Waals surface area contributed by atoms with Crippen molar-refractivity contribution in [1.82, 2.24) is 0 Å². The van der Waals surface area contributed by atoms with E-state index in [4.69, 9.17) is 11.6 Å². The minimum atomic E-state index is -0.892. The van der Waals surface area contributed by atoms with Crippen molar-refractivity contribution in [2.24, 2.45) is 0 Å². The number of benzene rings is 2. The smallest absolute Gasteiger partial charge is 0.337 e. The number of halogens is 1. The van der Waals surface area contributed by atoms with E-state index in [1.54, 1.807) is 0 Å². The molecule has 7 heteroatoms. The van der Waals surface area contributed by atoms with E-state index in [9.17, 15) is 14.4 Å². The highest BCUT2D eigenvalue weighted by atomic mass is 35.5. The van der Waals surface area contributed by atoms with Gasteiger partial charge in [0.05, 0.1) is 23.4 Å². The molecule has 2 aromatic rings. The molecular formula is C20H21ClN2O4. The lowest BCUT2D eigenvalue weighted by molar-refractivity contribution is -0.133. The number of esters is 1. The number of carbonyl (C=O) groups is 3. The predicted molar refractivity (Wildman–Crippen MR) is 105 cm³/mol. The van der Waals surface area contributed by atoms with Gasteiger partial charge < -0.3 is 15.4 Å². The van der Waals surface area contributed by atoms with Gasteiger partial charge in [0, 0.05) is 5.69 Å². The van der Waals surface area contributed by atoms with Crippen molar-refractivity contribution < 1.29 is 19.1 Å². The Bertz CT molecular complexity index is 894. The molecule has 0 heterocycles. The molecule has 0 aliphatic carbocycles. The van der Waals surface area contributed by atoms with Crippen LogP contribution in [0.4, 0.5) is 11.4 Å². The third-order valence-electron chi connectivity index (χ3n) is 4.01. The molecule has 0 spiro atoms. The molecule has 2 amide bonds. The second-order valence-corrected chi connectivity index (χ2v) is 6.70. The quantitative estimate of drug-likeness (QED) is 0.609. The first-order chi connectivity index (χ1) is 12.7. The van der Waals surface area contributed by atoms with Gasteiger partial charge in [-0.1, -0.05) is 43.6 Å². The molecule has 2 N–H and O–H groups in total. The fourth-order valence-electron chi connectivity index (χ4n) is 2.56. The monoisotopic (exact) mass is 388 g/mol. The maximum atomic E-state index is 12.4. The lowest BCUT2D eigenvalue weighted by Gasteiger charge is -2.16. The fourth-order valence-corrected chi connectivity index (χ4v) is 2.72. The van der Waals surface area contributed by atoms with Gasteiger partial charge in [-0.15, -0.1) is 0 Å². The summed E-state index contributed by atoms with van der Waals surface area (Å²) in [6.07, 6.45) is 0. The topological polar surface area (TPSA) is 84.5 Å². The Morgan fingerprint density at radius 3 is 2.33 bits per heavy atom. The Balaban J connectivity index is 2.21. The van der Waals surface area contributed by atoms with E-state index < -0.39 is 17.8 Å². The summed E-state index contributed by atoms with van der Waals surface area (Å²) < 4.78 is 4.64. The Morgan fingerprint density at radius 2 is 1.70 bits per heavy atom. The number of anilines is 2. The number of aryl methyl sites for hydroxylation is 1. The van der Waals surface area contributed by atoms with Crippen LogP contribution in [0.5, 0.6) is 0 Å². The first-order valence-electron chi connectivity index (χ1n) is 8.34. The number of nitrogens with one attached hydrogen (secondary N) is 2. The van der Waals surface area contributed by atoms with Crippen LogP contribution in [0, 0.1) is 6.92 Å². The average molecular weight is 389 g/mol. The van der Waals surface area contributed by atoms with Crippen molar-refractivity contribution in [2.75, 3.05) is 17.7 Å². The molecule has 2 aromatic carbocycles. The molecule has 6 nitrogen and oxygen atoms in total.